The second kappa shape index (κ2) is 9.15. The predicted molar refractivity (Wildman–Crippen MR) is 133 cm³/mol. The quantitative estimate of drug-likeness (QED) is 0.365. The van der Waals surface area contributed by atoms with Crippen LogP contribution in [0.4, 0.5) is 0 Å². The van der Waals surface area contributed by atoms with Crippen LogP contribution >= 0.6 is 0 Å². The number of benzene rings is 2. The number of hydrogen-bond donors (Lipinski definition) is 2. The number of H-pyrrole nitrogens is 1. The number of aromatic amines is 1. The second-order valence-corrected chi connectivity index (χ2v) is 8.83. The molecule has 6 rings (SSSR count). The third-order valence-electron chi connectivity index (χ3n) is 6.72. The largest absolute Gasteiger partial charge is 0.344 e. The van der Waals surface area contributed by atoms with Gasteiger partial charge in [-0.25, -0.2) is 15.1 Å². The summed E-state index contributed by atoms with van der Waals surface area (Å²) < 4.78 is 2.33. The first kappa shape index (κ1) is 21.9. The van der Waals surface area contributed by atoms with E-state index in [9.17, 15) is 0 Å². The molecule has 0 atom stereocenters. The Morgan fingerprint density at radius 1 is 0.971 bits per heavy atom. The van der Waals surface area contributed by atoms with Crippen molar-refractivity contribution in [2.75, 3.05) is 0 Å². The lowest BCUT2D eigenvalue weighted by atomic mass is 9.98. The Balaban J connectivity index is 0.00000241. The first-order valence-electron chi connectivity index (χ1n) is 11.5. The molecule has 0 saturated heterocycles. The Hall–Kier alpha value is -3.91. The van der Waals surface area contributed by atoms with Crippen LogP contribution in [0.3, 0.4) is 0 Å². The molecular formula is C26H28N8. The number of nitrogens with one attached hydrogen (secondary N) is 1. The Labute approximate surface area is 198 Å². The summed E-state index contributed by atoms with van der Waals surface area (Å²) in [5.41, 5.74) is 7.66. The van der Waals surface area contributed by atoms with Crippen LogP contribution in [0, 0.1) is 6.92 Å². The van der Waals surface area contributed by atoms with Crippen molar-refractivity contribution in [1.29, 1.82) is 0 Å². The molecule has 0 amide bonds. The fourth-order valence-corrected chi connectivity index (χ4v) is 4.99. The van der Waals surface area contributed by atoms with Gasteiger partial charge in [0.15, 0.2) is 11.5 Å². The van der Waals surface area contributed by atoms with Crippen molar-refractivity contribution in [3.63, 3.8) is 0 Å². The summed E-state index contributed by atoms with van der Waals surface area (Å²) in [6.45, 7) is 2.89. The molecule has 8 heteroatoms. The maximum absolute atomic E-state index is 5.07. The van der Waals surface area contributed by atoms with E-state index in [0.29, 0.717) is 11.7 Å². The highest BCUT2D eigenvalue weighted by atomic mass is 15.5. The highest BCUT2D eigenvalue weighted by Gasteiger charge is 2.25. The van der Waals surface area contributed by atoms with Gasteiger partial charge < -0.3 is 10.7 Å². The van der Waals surface area contributed by atoms with E-state index in [-0.39, 0.29) is 6.15 Å². The van der Waals surface area contributed by atoms with Crippen molar-refractivity contribution >= 4 is 11.2 Å². The van der Waals surface area contributed by atoms with Crippen LogP contribution in [0.5, 0.6) is 0 Å². The van der Waals surface area contributed by atoms with Crippen LogP contribution in [0.1, 0.15) is 48.6 Å². The van der Waals surface area contributed by atoms with Gasteiger partial charge in [0.1, 0.15) is 11.3 Å². The van der Waals surface area contributed by atoms with E-state index in [1.165, 1.54) is 42.6 Å². The van der Waals surface area contributed by atoms with Crippen LogP contribution in [-0.4, -0.2) is 35.2 Å². The monoisotopic (exact) mass is 452 g/mol. The SMILES string of the molecule is Cc1ccnc2c1nc(C1CCCC1)n2Cc1ccc(-c2ccccc2-c2nnn[nH]2)cc1.N. The predicted octanol–water partition coefficient (Wildman–Crippen LogP) is 5.45. The summed E-state index contributed by atoms with van der Waals surface area (Å²) in [5.74, 6) is 2.39. The average Bonchev–Trinajstić information content (AvgIpc) is 3.62. The van der Waals surface area contributed by atoms with Gasteiger partial charge in [-0.05, 0) is 58.5 Å². The Kier molecular flexibility index (Phi) is 5.90. The molecule has 0 unspecified atom stereocenters. The maximum Gasteiger partial charge on any atom is 0.180 e. The number of nitrogens with zero attached hydrogens (tertiary/aromatic N) is 6. The van der Waals surface area contributed by atoms with E-state index in [2.05, 4.69) is 68.5 Å². The molecule has 1 aliphatic rings. The van der Waals surface area contributed by atoms with E-state index < -0.39 is 0 Å². The van der Waals surface area contributed by atoms with Gasteiger partial charge >= 0.3 is 0 Å². The van der Waals surface area contributed by atoms with Gasteiger partial charge in [-0.2, -0.15) is 0 Å². The molecule has 0 aliphatic heterocycles. The van der Waals surface area contributed by atoms with Gasteiger partial charge in [0, 0.05) is 17.7 Å². The van der Waals surface area contributed by atoms with Crippen molar-refractivity contribution in [3.8, 4) is 22.5 Å². The molecule has 1 saturated carbocycles. The van der Waals surface area contributed by atoms with Gasteiger partial charge in [-0.3, -0.25) is 0 Å². The molecule has 3 heterocycles. The third kappa shape index (κ3) is 3.86. The van der Waals surface area contributed by atoms with Crippen LogP contribution in [0.15, 0.2) is 60.8 Å². The zero-order valence-corrected chi connectivity index (χ0v) is 19.3. The molecule has 0 bridgehead atoms. The summed E-state index contributed by atoms with van der Waals surface area (Å²) in [4.78, 5) is 9.79. The summed E-state index contributed by atoms with van der Waals surface area (Å²) in [5, 5.41) is 14.4. The molecule has 2 aromatic carbocycles. The summed E-state index contributed by atoms with van der Waals surface area (Å²) in [6, 6.07) is 19.0. The highest BCUT2D eigenvalue weighted by Crippen LogP contribution is 2.36. The molecule has 0 radical (unpaired) electrons. The summed E-state index contributed by atoms with van der Waals surface area (Å²) >= 11 is 0. The molecule has 4 N–H and O–H groups in total. The zero-order chi connectivity index (χ0) is 22.2. The van der Waals surface area contributed by atoms with Gasteiger partial charge in [-0.1, -0.05) is 61.4 Å². The van der Waals surface area contributed by atoms with Crippen LogP contribution in [-0.2, 0) is 6.54 Å². The minimum atomic E-state index is 0. The van der Waals surface area contributed by atoms with Crippen LogP contribution in [0.25, 0.3) is 33.7 Å². The van der Waals surface area contributed by atoms with Crippen LogP contribution in [0.2, 0.25) is 0 Å². The molecule has 8 nitrogen and oxygen atoms in total. The minimum Gasteiger partial charge on any atom is -0.344 e. The lowest BCUT2D eigenvalue weighted by Gasteiger charge is -2.14. The normalized spacial score (nSPS) is 13.9. The van der Waals surface area contributed by atoms with E-state index >= 15 is 0 Å². The molecule has 172 valence electrons. The van der Waals surface area contributed by atoms with E-state index in [1.807, 2.05) is 24.4 Å². The fourth-order valence-electron chi connectivity index (χ4n) is 4.99. The maximum atomic E-state index is 5.07. The Morgan fingerprint density at radius 2 is 1.74 bits per heavy atom. The number of pyridine rings is 1. The van der Waals surface area contributed by atoms with Crippen molar-refractivity contribution in [2.45, 2.75) is 45.1 Å². The van der Waals surface area contributed by atoms with Crippen molar-refractivity contribution in [3.05, 3.63) is 77.7 Å². The van der Waals surface area contributed by atoms with Gasteiger partial charge in [0.05, 0.1) is 6.54 Å². The fraction of sp³-hybridized carbons (Fsp3) is 0.269. The Morgan fingerprint density at radius 3 is 2.47 bits per heavy atom. The first-order chi connectivity index (χ1) is 16.3. The molecular weight excluding hydrogens is 424 g/mol. The van der Waals surface area contributed by atoms with Gasteiger partial charge in [-0.15, -0.1) is 5.10 Å². The zero-order valence-electron chi connectivity index (χ0n) is 19.3. The summed E-state index contributed by atoms with van der Waals surface area (Å²) in [7, 11) is 0. The minimum absolute atomic E-state index is 0. The Bertz CT molecular complexity index is 1400. The third-order valence-corrected chi connectivity index (χ3v) is 6.72. The van der Waals surface area contributed by atoms with Crippen molar-refractivity contribution < 1.29 is 0 Å². The van der Waals surface area contributed by atoms with E-state index in [0.717, 1.165) is 34.4 Å². The molecule has 34 heavy (non-hydrogen) atoms. The number of aryl methyl sites for hydroxylation is 1. The van der Waals surface area contributed by atoms with Gasteiger partial charge in [0.25, 0.3) is 0 Å². The van der Waals surface area contributed by atoms with Crippen molar-refractivity contribution in [2.24, 2.45) is 0 Å². The standard InChI is InChI=1S/C26H25N7.H3N/c1-17-14-15-27-26-23(17)28-25(20-6-2-3-7-20)33(26)16-18-10-12-19(13-11-18)21-8-4-5-9-22(21)24-29-31-32-30-24;/h4-5,8-15,20H,2-3,6-7,16H2,1H3,(H,29,30,31,32);1H3. The second-order valence-electron chi connectivity index (χ2n) is 8.83. The number of tetrazole rings is 1. The van der Waals surface area contributed by atoms with Gasteiger partial charge in [0.2, 0.25) is 0 Å². The highest BCUT2D eigenvalue weighted by molar-refractivity contribution is 5.80. The number of rotatable bonds is 5. The lowest BCUT2D eigenvalue weighted by Crippen LogP contribution is -2.09. The number of fused-ring (bicyclic) bond motifs is 1. The topological polar surface area (TPSA) is 120 Å². The molecule has 1 fully saturated rings. The molecule has 3 aromatic heterocycles. The summed E-state index contributed by atoms with van der Waals surface area (Å²) in [6.07, 6.45) is 6.90. The number of hydrogen-bond acceptors (Lipinski definition) is 6. The number of imidazole rings is 1. The lowest BCUT2D eigenvalue weighted by molar-refractivity contribution is 0.616. The average molecular weight is 453 g/mol. The molecule has 5 aromatic rings. The van der Waals surface area contributed by atoms with Crippen LogP contribution < -0.4 is 6.15 Å². The first-order valence-corrected chi connectivity index (χ1v) is 11.5. The molecule has 1 aliphatic carbocycles. The smallest absolute Gasteiger partial charge is 0.180 e. The number of aromatic nitrogens is 7. The van der Waals surface area contributed by atoms with E-state index in [4.69, 9.17) is 9.97 Å². The van der Waals surface area contributed by atoms with E-state index in [1.54, 1.807) is 0 Å². The van der Waals surface area contributed by atoms with Crippen molar-refractivity contribution in [1.82, 2.24) is 41.3 Å². The molecule has 0 spiro atoms.